The quantitative estimate of drug-likeness (QED) is 0.330. The summed E-state index contributed by atoms with van der Waals surface area (Å²) in [6, 6.07) is 22.0. The van der Waals surface area contributed by atoms with Gasteiger partial charge >= 0.3 is 0 Å². The number of thiazole rings is 1. The minimum Gasteiger partial charge on any atom is -0.326 e. The molecule has 0 radical (unpaired) electrons. The average Bonchev–Trinajstić information content (AvgIpc) is 3.57. The molecule has 7 heteroatoms. The summed E-state index contributed by atoms with van der Waals surface area (Å²) in [5.41, 5.74) is 2.68. The Kier molecular flexibility index (Phi) is 5.92. The molecule has 1 saturated carbocycles. The molecule has 5 nitrogen and oxygen atoms in total. The standard InChI is InChI=1S/C25H21N3O2S2/c29-23(15-31-21-11-9-20(10-12-21)26-24(30)17-6-7-17)28-25-27-22(14-32-25)19-8-5-16-3-1-2-4-18(16)13-19/h1-5,8-14,17H,6-7,15H2,(H,26,30)(H,27,28,29). The van der Waals surface area contributed by atoms with E-state index in [1.165, 1.54) is 28.5 Å². The number of anilines is 2. The summed E-state index contributed by atoms with van der Waals surface area (Å²) >= 11 is 2.87. The van der Waals surface area contributed by atoms with E-state index in [2.05, 4.69) is 45.9 Å². The lowest BCUT2D eigenvalue weighted by Crippen LogP contribution is -2.14. The molecule has 5 rings (SSSR count). The number of nitrogens with zero attached hydrogens (tertiary/aromatic N) is 1. The molecule has 3 aromatic carbocycles. The summed E-state index contributed by atoms with van der Waals surface area (Å²) in [5.74, 6) is 0.468. The maximum Gasteiger partial charge on any atom is 0.236 e. The van der Waals surface area contributed by atoms with Crippen molar-refractivity contribution in [1.82, 2.24) is 4.98 Å². The van der Waals surface area contributed by atoms with E-state index in [1.807, 2.05) is 41.8 Å². The number of benzene rings is 3. The second-order valence-electron chi connectivity index (χ2n) is 7.72. The van der Waals surface area contributed by atoms with E-state index in [-0.39, 0.29) is 17.7 Å². The summed E-state index contributed by atoms with van der Waals surface area (Å²) in [6.45, 7) is 0. The molecule has 1 aliphatic rings. The fourth-order valence-corrected chi connectivity index (χ4v) is 4.78. The fraction of sp³-hybridized carbons (Fsp3) is 0.160. The summed E-state index contributed by atoms with van der Waals surface area (Å²) in [5, 5.41) is 10.7. The van der Waals surface area contributed by atoms with E-state index in [9.17, 15) is 9.59 Å². The van der Waals surface area contributed by atoms with Crippen molar-refractivity contribution in [1.29, 1.82) is 0 Å². The number of hydrogen-bond acceptors (Lipinski definition) is 5. The van der Waals surface area contributed by atoms with E-state index in [4.69, 9.17) is 0 Å². The van der Waals surface area contributed by atoms with Gasteiger partial charge in [0.1, 0.15) is 0 Å². The first-order valence-corrected chi connectivity index (χ1v) is 12.3. The third-order valence-electron chi connectivity index (χ3n) is 5.24. The van der Waals surface area contributed by atoms with Crippen molar-refractivity contribution in [3.05, 3.63) is 72.1 Å². The van der Waals surface area contributed by atoms with Gasteiger partial charge in [0.25, 0.3) is 0 Å². The van der Waals surface area contributed by atoms with Crippen molar-refractivity contribution in [2.24, 2.45) is 5.92 Å². The maximum absolute atomic E-state index is 12.4. The van der Waals surface area contributed by atoms with Crippen molar-refractivity contribution in [3.63, 3.8) is 0 Å². The minimum atomic E-state index is -0.0967. The predicted octanol–water partition coefficient (Wildman–Crippen LogP) is 6.04. The summed E-state index contributed by atoms with van der Waals surface area (Å²) in [4.78, 5) is 29.8. The van der Waals surface area contributed by atoms with Gasteiger partial charge in [0, 0.05) is 27.4 Å². The van der Waals surface area contributed by atoms with Crippen LogP contribution in [0.1, 0.15) is 12.8 Å². The third-order valence-corrected chi connectivity index (χ3v) is 7.01. The van der Waals surface area contributed by atoms with Gasteiger partial charge in [0.2, 0.25) is 11.8 Å². The van der Waals surface area contributed by atoms with Gasteiger partial charge in [0.05, 0.1) is 11.4 Å². The highest BCUT2D eigenvalue weighted by Crippen LogP contribution is 2.31. The Hall–Kier alpha value is -3.16. The van der Waals surface area contributed by atoms with Crippen LogP contribution in [0.25, 0.3) is 22.0 Å². The van der Waals surface area contributed by atoms with Crippen molar-refractivity contribution < 1.29 is 9.59 Å². The van der Waals surface area contributed by atoms with Gasteiger partial charge in [-0.15, -0.1) is 23.1 Å². The summed E-state index contributed by atoms with van der Waals surface area (Å²) in [6.07, 6.45) is 1.97. The molecule has 160 valence electrons. The number of amides is 2. The largest absolute Gasteiger partial charge is 0.326 e. The summed E-state index contributed by atoms with van der Waals surface area (Å²) in [7, 11) is 0. The zero-order valence-electron chi connectivity index (χ0n) is 17.2. The van der Waals surface area contributed by atoms with Crippen LogP contribution in [0.15, 0.2) is 77.0 Å². The van der Waals surface area contributed by atoms with Gasteiger partial charge in [-0.1, -0.05) is 36.4 Å². The molecule has 2 N–H and O–H groups in total. The van der Waals surface area contributed by atoms with E-state index < -0.39 is 0 Å². The molecule has 0 atom stereocenters. The van der Waals surface area contributed by atoms with Crippen LogP contribution in [0.2, 0.25) is 0 Å². The number of thioether (sulfide) groups is 1. The monoisotopic (exact) mass is 459 g/mol. The Balaban J connectivity index is 1.15. The lowest BCUT2D eigenvalue weighted by Gasteiger charge is -2.06. The third kappa shape index (κ3) is 5.00. The molecular weight excluding hydrogens is 438 g/mol. The second kappa shape index (κ2) is 9.14. The first-order valence-electron chi connectivity index (χ1n) is 10.4. The van der Waals surface area contributed by atoms with Crippen LogP contribution in [0.4, 0.5) is 10.8 Å². The molecule has 4 aromatic rings. The van der Waals surface area contributed by atoms with E-state index >= 15 is 0 Å². The van der Waals surface area contributed by atoms with E-state index in [0.29, 0.717) is 10.9 Å². The molecule has 1 heterocycles. The van der Waals surface area contributed by atoms with Crippen molar-refractivity contribution in [3.8, 4) is 11.3 Å². The predicted molar refractivity (Wildman–Crippen MR) is 132 cm³/mol. The fourth-order valence-electron chi connectivity index (χ4n) is 3.34. The number of carbonyl (C=O) groups is 2. The first-order chi connectivity index (χ1) is 15.6. The lowest BCUT2D eigenvalue weighted by molar-refractivity contribution is -0.117. The molecule has 0 saturated heterocycles. The Labute approximate surface area is 194 Å². The number of carbonyl (C=O) groups excluding carboxylic acids is 2. The average molecular weight is 460 g/mol. The highest BCUT2D eigenvalue weighted by molar-refractivity contribution is 8.00. The van der Waals surface area contributed by atoms with Gasteiger partial charge in [0.15, 0.2) is 5.13 Å². The van der Waals surface area contributed by atoms with Crippen molar-refractivity contribution >= 4 is 56.5 Å². The Bertz CT molecular complexity index is 1280. The SMILES string of the molecule is O=C(CSc1ccc(NC(=O)C2CC2)cc1)Nc1nc(-c2ccc3ccccc3c2)cs1. The molecule has 2 amide bonds. The van der Waals surface area contributed by atoms with Crippen LogP contribution in [-0.4, -0.2) is 22.6 Å². The van der Waals surface area contributed by atoms with Gasteiger partial charge < -0.3 is 10.6 Å². The normalized spacial score (nSPS) is 13.1. The molecular formula is C25H21N3O2S2. The highest BCUT2D eigenvalue weighted by atomic mass is 32.2. The Morgan fingerprint density at radius 1 is 0.969 bits per heavy atom. The van der Waals surface area contributed by atoms with Crippen LogP contribution in [-0.2, 0) is 9.59 Å². The molecule has 1 aromatic heterocycles. The van der Waals surface area contributed by atoms with Crippen LogP contribution in [0.5, 0.6) is 0 Å². The number of hydrogen-bond donors (Lipinski definition) is 2. The van der Waals surface area contributed by atoms with Gasteiger partial charge in [-0.05, 0) is 53.9 Å². The number of aromatic nitrogens is 1. The second-order valence-corrected chi connectivity index (χ2v) is 9.63. The Morgan fingerprint density at radius 2 is 1.75 bits per heavy atom. The molecule has 1 fully saturated rings. The molecule has 0 aliphatic heterocycles. The zero-order valence-corrected chi connectivity index (χ0v) is 18.8. The zero-order chi connectivity index (χ0) is 21.9. The Morgan fingerprint density at radius 3 is 2.53 bits per heavy atom. The number of rotatable bonds is 7. The van der Waals surface area contributed by atoms with Crippen LogP contribution in [0, 0.1) is 5.92 Å². The van der Waals surface area contributed by atoms with Crippen LogP contribution < -0.4 is 10.6 Å². The van der Waals surface area contributed by atoms with E-state index in [1.54, 1.807) is 0 Å². The summed E-state index contributed by atoms with van der Waals surface area (Å²) < 4.78 is 0. The maximum atomic E-state index is 12.4. The lowest BCUT2D eigenvalue weighted by atomic mass is 10.1. The molecule has 1 aliphatic carbocycles. The topological polar surface area (TPSA) is 71.1 Å². The van der Waals surface area contributed by atoms with E-state index in [0.717, 1.165) is 40.1 Å². The van der Waals surface area contributed by atoms with Crippen LogP contribution in [0.3, 0.4) is 0 Å². The smallest absolute Gasteiger partial charge is 0.236 e. The first kappa shape index (κ1) is 20.7. The minimum absolute atomic E-state index is 0.0938. The van der Waals surface area contributed by atoms with Crippen molar-refractivity contribution in [2.45, 2.75) is 17.7 Å². The molecule has 0 unspecified atom stereocenters. The molecule has 0 spiro atoms. The molecule has 32 heavy (non-hydrogen) atoms. The highest BCUT2D eigenvalue weighted by Gasteiger charge is 2.29. The van der Waals surface area contributed by atoms with Gasteiger partial charge in [-0.2, -0.15) is 0 Å². The van der Waals surface area contributed by atoms with Crippen LogP contribution >= 0.6 is 23.1 Å². The van der Waals surface area contributed by atoms with Crippen molar-refractivity contribution in [2.75, 3.05) is 16.4 Å². The molecule has 0 bridgehead atoms. The number of nitrogens with one attached hydrogen (secondary N) is 2. The number of fused-ring (bicyclic) bond motifs is 1. The van der Waals surface area contributed by atoms with Gasteiger partial charge in [-0.25, -0.2) is 4.98 Å². The van der Waals surface area contributed by atoms with Gasteiger partial charge in [-0.3, -0.25) is 9.59 Å².